The van der Waals surface area contributed by atoms with Gasteiger partial charge in [0.05, 0.1) is 17.4 Å². The number of nitrogens with one attached hydrogen (secondary N) is 2. The predicted octanol–water partition coefficient (Wildman–Crippen LogP) is 2.98. The molecule has 1 aromatic heterocycles. The average molecular weight is 378 g/mol. The molecular weight excluding hydrogens is 346 g/mol. The fourth-order valence-electron chi connectivity index (χ4n) is 4.56. The lowest BCUT2D eigenvalue weighted by molar-refractivity contribution is 0.172. The maximum atomic E-state index is 10.3. The lowest BCUT2D eigenvalue weighted by atomic mass is 9.84. The van der Waals surface area contributed by atoms with Crippen molar-refractivity contribution in [2.24, 2.45) is 17.1 Å². The fourth-order valence-corrected chi connectivity index (χ4v) is 4.80. The van der Waals surface area contributed by atoms with Gasteiger partial charge in [-0.15, -0.1) is 0 Å². The van der Waals surface area contributed by atoms with Gasteiger partial charge in [0.15, 0.2) is 0 Å². The molecule has 144 valence electrons. The van der Waals surface area contributed by atoms with Crippen LogP contribution in [0.15, 0.2) is 0 Å². The van der Waals surface area contributed by atoms with Crippen LogP contribution in [0.25, 0.3) is 0 Å². The molecule has 3 rings (SSSR count). The van der Waals surface area contributed by atoms with Crippen molar-refractivity contribution in [3.63, 3.8) is 0 Å². The maximum Gasteiger partial charge on any atom is 0.224 e. The Balaban J connectivity index is 1.87. The minimum absolute atomic E-state index is 0.131. The molecule has 2 aliphatic carbocycles. The molecule has 0 bridgehead atoms. The van der Waals surface area contributed by atoms with Crippen LogP contribution in [-0.4, -0.2) is 38.3 Å². The van der Waals surface area contributed by atoms with Crippen LogP contribution in [0.5, 0.6) is 0 Å². The third kappa shape index (κ3) is 3.05. The predicted molar refractivity (Wildman–Crippen MR) is 110 cm³/mol. The van der Waals surface area contributed by atoms with Crippen LogP contribution >= 0.6 is 12.2 Å². The first-order valence-corrected chi connectivity index (χ1v) is 10.0. The number of nitrogens with zero attached hydrogens (tertiary/aromatic N) is 2. The summed E-state index contributed by atoms with van der Waals surface area (Å²) in [6, 6.07) is 0. The van der Waals surface area contributed by atoms with Crippen LogP contribution in [0.3, 0.4) is 0 Å². The van der Waals surface area contributed by atoms with E-state index < -0.39 is 0 Å². The molecule has 2 aliphatic rings. The van der Waals surface area contributed by atoms with Gasteiger partial charge in [-0.2, -0.15) is 4.98 Å². The smallest absolute Gasteiger partial charge is 0.224 e. The summed E-state index contributed by atoms with van der Waals surface area (Å²) in [7, 11) is 0. The Kier molecular flexibility index (Phi) is 5.14. The van der Waals surface area contributed by atoms with Crippen molar-refractivity contribution in [2.75, 3.05) is 17.2 Å². The fraction of sp³-hybridized carbons (Fsp3) is 0.737. The standard InChI is InChI=1S/C19H31N5OS/c1-5-6-7-10-21-17-22-11(2)13(15(20)26)16(23-17)24-18(3)9-8-12-14(25)19(12,18)4/h12,14,25H,5-10H2,1-4H3,(H2,20,26)(H2,21,22,23,24). The zero-order valence-electron chi connectivity index (χ0n) is 16.2. The average Bonchev–Trinajstić information content (AvgIpc) is 2.99. The molecular formula is C19H31N5OS. The molecule has 2 saturated carbocycles. The number of hydrogen-bond acceptors (Lipinski definition) is 6. The minimum atomic E-state index is -0.253. The number of unbranched alkanes of at least 4 members (excludes halogenated alkanes) is 2. The van der Waals surface area contributed by atoms with E-state index in [9.17, 15) is 5.11 Å². The van der Waals surface area contributed by atoms with Crippen molar-refractivity contribution in [3.8, 4) is 0 Å². The van der Waals surface area contributed by atoms with Crippen LogP contribution in [0.1, 0.15) is 64.1 Å². The second-order valence-electron chi connectivity index (χ2n) is 8.18. The molecule has 7 heteroatoms. The molecule has 0 aromatic carbocycles. The molecule has 0 saturated heterocycles. The van der Waals surface area contributed by atoms with E-state index >= 15 is 0 Å². The van der Waals surface area contributed by atoms with Gasteiger partial charge in [-0.3, -0.25) is 0 Å². The van der Waals surface area contributed by atoms with E-state index in [0.717, 1.165) is 31.5 Å². The lowest BCUT2D eigenvalue weighted by Crippen LogP contribution is -2.44. The molecule has 1 heterocycles. The Morgan fingerprint density at radius 2 is 2.08 bits per heavy atom. The number of aromatic nitrogens is 2. The lowest BCUT2D eigenvalue weighted by Gasteiger charge is -2.36. The van der Waals surface area contributed by atoms with Gasteiger partial charge in [0.25, 0.3) is 0 Å². The summed E-state index contributed by atoms with van der Waals surface area (Å²) in [5, 5.41) is 17.2. The summed E-state index contributed by atoms with van der Waals surface area (Å²) in [6.45, 7) is 9.25. The maximum absolute atomic E-state index is 10.3. The van der Waals surface area contributed by atoms with Gasteiger partial charge in [-0.05, 0) is 39.0 Å². The second kappa shape index (κ2) is 6.93. The Morgan fingerprint density at radius 3 is 2.65 bits per heavy atom. The van der Waals surface area contributed by atoms with E-state index in [1.807, 2.05) is 6.92 Å². The first kappa shape index (κ1) is 19.3. The number of anilines is 2. The molecule has 0 amide bonds. The van der Waals surface area contributed by atoms with E-state index in [4.69, 9.17) is 18.0 Å². The highest BCUT2D eigenvalue weighted by Gasteiger charge is 2.73. The molecule has 4 atom stereocenters. The summed E-state index contributed by atoms with van der Waals surface area (Å²) in [6.07, 6.45) is 5.20. The van der Waals surface area contributed by atoms with Crippen molar-refractivity contribution in [3.05, 3.63) is 11.3 Å². The van der Waals surface area contributed by atoms with Crippen molar-refractivity contribution in [1.82, 2.24) is 9.97 Å². The number of aliphatic hydroxyl groups excluding tert-OH is 1. The molecule has 6 nitrogen and oxygen atoms in total. The topological polar surface area (TPSA) is 96.1 Å². The van der Waals surface area contributed by atoms with Gasteiger partial charge in [-0.1, -0.05) is 38.9 Å². The zero-order chi connectivity index (χ0) is 19.1. The third-order valence-corrected chi connectivity index (χ3v) is 6.80. The Morgan fingerprint density at radius 1 is 1.35 bits per heavy atom. The summed E-state index contributed by atoms with van der Waals surface area (Å²) >= 11 is 5.26. The van der Waals surface area contributed by atoms with Gasteiger partial charge >= 0.3 is 0 Å². The van der Waals surface area contributed by atoms with Gasteiger partial charge in [0.1, 0.15) is 10.8 Å². The van der Waals surface area contributed by atoms with Crippen molar-refractivity contribution in [2.45, 2.75) is 71.4 Å². The van der Waals surface area contributed by atoms with E-state index in [-0.39, 0.29) is 17.1 Å². The Bertz CT molecular complexity index is 711. The number of aliphatic hydroxyl groups is 1. The number of rotatable bonds is 8. The van der Waals surface area contributed by atoms with Crippen LogP contribution in [0.2, 0.25) is 0 Å². The summed E-state index contributed by atoms with van der Waals surface area (Å²) in [4.78, 5) is 9.51. The van der Waals surface area contributed by atoms with Crippen molar-refractivity contribution >= 4 is 29.0 Å². The van der Waals surface area contributed by atoms with Gasteiger partial charge in [-0.25, -0.2) is 4.98 Å². The quantitative estimate of drug-likeness (QED) is 0.408. The molecule has 2 fully saturated rings. The van der Waals surface area contributed by atoms with Gasteiger partial charge < -0.3 is 21.5 Å². The molecule has 5 N–H and O–H groups in total. The summed E-state index contributed by atoms with van der Waals surface area (Å²) in [5.74, 6) is 1.63. The van der Waals surface area contributed by atoms with Crippen molar-refractivity contribution in [1.29, 1.82) is 0 Å². The molecule has 4 unspecified atom stereocenters. The second-order valence-corrected chi connectivity index (χ2v) is 8.62. The third-order valence-electron chi connectivity index (χ3n) is 6.59. The van der Waals surface area contributed by atoms with E-state index in [1.165, 1.54) is 12.8 Å². The van der Waals surface area contributed by atoms with Crippen LogP contribution in [0.4, 0.5) is 11.8 Å². The molecule has 26 heavy (non-hydrogen) atoms. The molecule has 0 aliphatic heterocycles. The number of aryl methyl sites for hydroxylation is 1. The summed E-state index contributed by atoms with van der Waals surface area (Å²) < 4.78 is 0. The molecule has 0 spiro atoms. The Hall–Kier alpha value is -1.47. The monoisotopic (exact) mass is 377 g/mol. The number of hydrogen-bond donors (Lipinski definition) is 4. The number of nitrogens with two attached hydrogens (primary N) is 1. The van der Waals surface area contributed by atoms with Gasteiger partial charge in [0.2, 0.25) is 5.95 Å². The van der Waals surface area contributed by atoms with Gasteiger partial charge in [0, 0.05) is 17.5 Å². The van der Waals surface area contributed by atoms with Crippen LogP contribution in [0, 0.1) is 18.3 Å². The highest BCUT2D eigenvalue weighted by atomic mass is 32.1. The van der Waals surface area contributed by atoms with E-state index in [2.05, 4.69) is 41.4 Å². The normalized spacial score (nSPS) is 32.2. The molecule has 0 radical (unpaired) electrons. The Labute approximate surface area is 161 Å². The van der Waals surface area contributed by atoms with E-state index in [0.29, 0.717) is 28.2 Å². The first-order chi connectivity index (χ1) is 12.2. The number of fused-ring (bicyclic) bond motifs is 1. The largest absolute Gasteiger partial charge is 0.392 e. The van der Waals surface area contributed by atoms with Crippen LogP contribution < -0.4 is 16.4 Å². The minimum Gasteiger partial charge on any atom is -0.392 e. The SMILES string of the molecule is CCCCCNc1nc(C)c(C(N)=S)c(NC2(C)CCC3C(O)C32C)n1. The first-order valence-electron chi connectivity index (χ1n) is 9.63. The summed E-state index contributed by atoms with van der Waals surface area (Å²) in [5.41, 5.74) is 7.07. The zero-order valence-corrected chi connectivity index (χ0v) is 17.0. The molecule has 1 aromatic rings. The van der Waals surface area contributed by atoms with Crippen LogP contribution in [-0.2, 0) is 0 Å². The number of thiocarbonyl (C=S) groups is 1. The van der Waals surface area contributed by atoms with E-state index in [1.54, 1.807) is 0 Å². The highest BCUT2D eigenvalue weighted by molar-refractivity contribution is 7.80. The highest BCUT2D eigenvalue weighted by Crippen LogP contribution is 2.68. The van der Waals surface area contributed by atoms with Crippen molar-refractivity contribution < 1.29 is 5.11 Å².